The second-order valence-electron chi connectivity index (χ2n) is 4.67. The molecule has 0 aliphatic heterocycles. The number of carbonyl (C=O) groups is 1. The van der Waals surface area contributed by atoms with Crippen molar-refractivity contribution in [1.82, 2.24) is 0 Å². The summed E-state index contributed by atoms with van der Waals surface area (Å²) in [5, 5.41) is 13.6. The number of nitrogens with zero attached hydrogens (tertiary/aromatic N) is 1. The van der Waals surface area contributed by atoms with Crippen LogP contribution in [0.5, 0.6) is 0 Å². The topological polar surface area (TPSA) is 98.3 Å². The molecule has 0 spiro atoms. The zero-order valence-corrected chi connectivity index (χ0v) is 10.9. The molecule has 1 unspecified atom stereocenters. The van der Waals surface area contributed by atoms with Gasteiger partial charge in [0.15, 0.2) is 0 Å². The highest BCUT2D eigenvalue weighted by Gasteiger charge is 2.30. The number of nitro benzene ring substituents is 1. The van der Waals surface area contributed by atoms with Crippen molar-refractivity contribution in [2.45, 2.75) is 25.3 Å². The largest absolute Gasteiger partial charge is 0.327 e. The van der Waals surface area contributed by atoms with E-state index < -0.39 is 4.92 Å². The van der Waals surface area contributed by atoms with Gasteiger partial charge in [0.05, 0.1) is 4.92 Å². The van der Waals surface area contributed by atoms with E-state index in [2.05, 4.69) is 5.32 Å². The van der Waals surface area contributed by atoms with Crippen LogP contribution in [0.1, 0.15) is 19.3 Å². The Labute approximate surface area is 115 Å². The fraction of sp³-hybridized carbons (Fsp3) is 0.417. The minimum atomic E-state index is -0.581. The lowest BCUT2D eigenvalue weighted by atomic mass is 10.1. The number of nitro groups is 1. The number of anilines is 1. The predicted molar refractivity (Wildman–Crippen MR) is 72.1 cm³/mol. The molecule has 1 amide bonds. The maximum atomic E-state index is 11.8. The standard InChI is InChI=1S/C12H14ClN3O3/c13-8-3-4-10(11(5-8)16(18)19)15-12(17)6-9(14)7-1-2-7/h3-5,7,9H,1-2,6,14H2,(H,15,17). The van der Waals surface area contributed by atoms with Gasteiger partial charge in [-0.15, -0.1) is 0 Å². The van der Waals surface area contributed by atoms with Gasteiger partial charge in [-0.3, -0.25) is 14.9 Å². The number of carbonyl (C=O) groups excluding carboxylic acids is 1. The number of amides is 1. The molecule has 3 N–H and O–H groups in total. The van der Waals surface area contributed by atoms with Crippen molar-refractivity contribution in [1.29, 1.82) is 0 Å². The van der Waals surface area contributed by atoms with E-state index in [-0.39, 0.29) is 34.8 Å². The summed E-state index contributed by atoms with van der Waals surface area (Å²) in [5.74, 6) is 0.0933. The molecule has 1 aromatic carbocycles. The average Bonchev–Trinajstić information content (AvgIpc) is 3.15. The van der Waals surface area contributed by atoms with Gasteiger partial charge in [0.2, 0.25) is 5.91 Å². The summed E-state index contributed by atoms with van der Waals surface area (Å²) in [6.07, 6.45) is 2.27. The fourth-order valence-electron chi connectivity index (χ4n) is 1.87. The lowest BCUT2D eigenvalue weighted by Gasteiger charge is -2.10. The molecule has 1 fully saturated rings. The van der Waals surface area contributed by atoms with Crippen LogP contribution >= 0.6 is 11.6 Å². The quantitative estimate of drug-likeness (QED) is 0.640. The van der Waals surface area contributed by atoms with Crippen LogP contribution in [0.3, 0.4) is 0 Å². The smallest absolute Gasteiger partial charge is 0.294 e. The van der Waals surface area contributed by atoms with E-state index in [0.29, 0.717) is 5.92 Å². The van der Waals surface area contributed by atoms with Gasteiger partial charge in [0.25, 0.3) is 5.69 Å². The van der Waals surface area contributed by atoms with Crippen molar-refractivity contribution in [3.63, 3.8) is 0 Å². The normalized spacial score (nSPS) is 15.9. The van der Waals surface area contributed by atoms with E-state index in [1.54, 1.807) is 0 Å². The number of nitrogens with one attached hydrogen (secondary N) is 1. The molecule has 102 valence electrons. The Hall–Kier alpha value is -1.66. The Kier molecular flexibility index (Phi) is 4.01. The van der Waals surface area contributed by atoms with Crippen LogP contribution in [0.2, 0.25) is 5.02 Å². The minimum absolute atomic E-state index is 0.141. The highest BCUT2D eigenvalue weighted by Crippen LogP contribution is 2.33. The lowest BCUT2D eigenvalue weighted by molar-refractivity contribution is -0.383. The van der Waals surface area contributed by atoms with Gasteiger partial charge in [-0.05, 0) is 30.9 Å². The first kappa shape index (κ1) is 13.8. The molecular weight excluding hydrogens is 270 g/mol. The van der Waals surface area contributed by atoms with Crippen molar-refractivity contribution in [2.75, 3.05) is 5.32 Å². The number of nitrogens with two attached hydrogens (primary N) is 1. The monoisotopic (exact) mass is 283 g/mol. The van der Waals surface area contributed by atoms with Gasteiger partial charge >= 0.3 is 0 Å². The summed E-state index contributed by atoms with van der Waals surface area (Å²) in [7, 11) is 0. The van der Waals surface area contributed by atoms with Crippen LogP contribution in [0.4, 0.5) is 11.4 Å². The van der Waals surface area contributed by atoms with Crippen molar-refractivity contribution in [3.8, 4) is 0 Å². The summed E-state index contributed by atoms with van der Waals surface area (Å²) in [6.45, 7) is 0. The maximum Gasteiger partial charge on any atom is 0.294 e. The van der Waals surface area contributed by atoms with Crippen molar-refractivity contribution < 1.29 is 9.72 Å². The maximum absolute atomic E-state index is 11.8. The van der Waals surface area contributed by atoms with E-state index in [1.165, 1.54) is 18.2 Å². The minimum Gasteiger partial charge on any atom is -0.327 e. The highest BCUT2D eigenvalue weighted by molar-refractivity contribution is 6.31. The molecule has 0 saturated heterocycles. The Balaban J connectivity index is 2.05. The summed E-state index contributed by atoms with van der Waals surface area (Å²) in [5.41, 5.74) is 5.76. The predicted octanol–water partition coefficient (Wildman–Crippen LogP) is 2.31. The zero-order valence-electron chi connectivity index (χ0n) is 10.1. The number of rotatable bonds is 5. The number of hydrogen-bond donors (Lipinski definition) is 2. The summed E-state index contributed by atoms with van der Waals surface area (Å²) in [4.78, 5) is 22.1. The van der Waals surface area contributed by atoms with Crippen LogP contribution in [-0.4, -0.2) is 16.9 Å². The molecule has 0 heterocycles. The third kappa shape index (κ3) is 3.65. The molecular formula is C12H14ClN3O3. The van der Waals surface area contributed by atoms with Gasteiger partial charge in [-0.1, -0.05) is 11.6 Å². The van der Waals surface area contributed by atoms with Crippen LogP contribution in [0.25, 0.3) is 0 Å². The van der Waals surface area contributed by atoms with E-state index in [1.807, 2.05) is 0 Å². The molecule has 0 radical (unpaired) electrons. The van der Waals surface area contributed by atoms with Crippen molar-refractivity contribution >= 4 is 28.9 Å². The number of halogens is 1. The Morgan fingerprint density at radius 3 is 2.84 bits per heavy atom. The average molecular weight is 284 g/mol. The first-order valence-corrected chi connectivity index (χ1v) is 6.34. The molecule has 1 aliphatic carbocycles. The van der Waals surface area contributed by atoms with Crippen LogP contribution in [0, 0.1) is 16.0 Å². The Bertz CT molecular complexity index is 517. The van der Waals surface area contributed by atoms with E-state index in [0.717, 1.165) is 12.8 Å². The summed E-state index contributed by atoms with van der Waals surface area (Å²) >= 11 is 5.69. The third-order valence-electron chi connectivity index (χ3n) is 3.08. The summed E-state index contributed by atoms with van der Waals surface area (Å²) in [6, 6.07) is 3.94. The van der Waals surface area contributed by atoms with E-state index in [4.69, 9.17) is 17.3 Å². The number of hydrogen-bond acceptors (Lipinski definition) is 4. The van der Waals surface area contributed by atoms with Gasteiger partial charge < -0.3 is 11.1 Å². The molecule has 6 nitrogen and oxygen atoms in total. The third-order valence-corrected chi connectivity index (χ3v) is 3.31. The molecule has 1 aromatic rings. The molecule has 2 rings (SSSR count). The molecule has 0 aromatic heterocycles. The van der Waals surface area contributed by atoms with E-state index >= 15 is 0 Å². The fourth-order valence-corrected chi connectivity index (χ4v) is 2.03. The first-order valence-electron chi connectivity index (χ1n) is 5.96. The highest BCUT2D eigenvalue weighted by atomic mass is 35.5. The molecule has 19 heavy (non-hydrogen) atoms. The van der Waals surface area contributed by atoms with Gasteiger partial charge in [0.1, 0.15) is 5.69 Å². The molecule has 0 bridgehead atoms. The Morgan fingerprint density at radius 2 is 2.26 bits per heavy atom. The molecule has 1 atom stereocenters. The van der Waals surface area contributed by atoms with Gasteiger partial charge in [0, 0.05) is 23.6 Å². The molecule has 7 heteroatoms. The van der Waals surface area contributed by atoms with Crippen molar-refractivity contribution in [2.24, 2.45) is 11.7 Å². The second kappa shape index (κ2) is 5.54. The van der Waals surface area contributed by atoms with Gasteiger partial charge in [-0.25, -0.2) is 0 Å². The van der Waals surface area contributed by atoms with Crippen LogP contribution in [-0.2, 0) is 4.79 Å². The van der Waals surface area contributed by atoms with Gasteiger partial charge in [-0.2, -0.15) is 0 Å². The lowest BCUT2D eigenvalue weighted by Crippen LogP contribution is -2.29. The second-order valence-corrected chi connectivity index (χ2v) is 5.11. The Morgan fingerprint density at radius 1 is 1.58 bits per heavy atom. The summed E-state index contributed by atoms with van der Waals surface area (Å²) < 4.78 is 0. The zero-order chi connectivity index (χ0) is 14.0. The molecule has 1 saturated carbocycles. The number of benzene rings is 1. The van der Waals surface area contributed by atoms with Crippen molar-refractivity contribution in [3.05, 3.63) is 33.3 Å². The first-order chi connectivity index (χ1) is 8.97. The molecule has 1 aliphatic rings. The van der Waals surface area contributed by atoms with Crippen LogP contribution < -0.4 is 11.1 Å². The van der Waals surface area contributed by atoms with E-state index in [9.17, 15) is 14.9 Å². The van der Waals surface area contributed by atoms with Crippen LogP contribution in [0.15, 0.2) is 18.2 Å². The SMILES string of the molecule is NC(CC(=O)Nc1ccc(Cl)cc1[N+](=O)[O-])C1CC1.